The molecule has 0 unspecified atom stereocenters. The molecule has 1 amide bonds. The predicted molar refractivity (Wildman–Crippen MR) is 63.7 cm³/mol. The van der Waals surface area contributed by atoms with Crippen molar-refractivity contribution in [3.05, 3.63) is 39.9 Å². The molecule has 1 rings (SSSR count). The summed E-state index contributed by atoms with van der Waals surface area (Å²) in [5.41, 5.74) is 0.688. The van der Waals surface area contributed by atoms with Crippen LogP contribution in [0.15, 0.2) is 24.3 Å². The van der Waals surface area contributed by atoms with Gasteiger partial charge < -0.3 is 10.1 Å². The van der Waals surface area contributed by atoms with Gasteiger partial charge in [-0.15, -0.1) is 0 Å². The first-order valence-corrected chi connectivity index (χ1v) is 5.43. The Bertz CT molecular complexity index is 394. The largest absolute Gasteiger partial charge is 0.445 e. The topological polar surface area (TPSA) is 81.5 Å². The number of nitro benzene ring substituents is 1. The fraction of sp³-hybridized carbons (Fsp3) is 0.300. The molecule has 0 saturated carbocycles. The van der Waals surface area contributed by atoms with Crippen LogP contribution in [0, 0.1) is 10.1 Å². The third kappa shape index (κ3) is 4.73. The second kappa shape index (κ2) is 6.74. The Morgan fingerprint density at radius 2 is 2.06 bits per heavy atom. The number of rotatable bonds is 5. The minimum atomic E-state index is -0.548. The third-order valence-electron chi connectivity index (χ3n) is 1.89. The number of alkyl carbamates (subject to hydrolysis) is 1. The lowest BCUT2D eigenvalue weighted by Gasteiger charge is -2.05. The van der Waals surface area contributed by atoms with Crippen molar-refractivity contribution in [2.24, 2.45) is 0 Å². The average molecular weight is 255 g/mol. The normalized spacial score (nSPS) is 9.71. The number of ether oxygens (including phenoxy) is 1. The van der Waals surface area contributed by atoms with Gasteiger partial charge in [-0.1, -0.05) is 12.6 Å². The van der Waals surface area contributed by atoms with Gasteiger partial charge in [-0.3, -0.25) is 10.1 Å². The molecule has 17 heavy (non-hydrogen) atoms. The maximum atomic E-state index is 11.1. The Kier molecular flexibility index (Phi) is 5.28. The van der Waals surface area contributed by atoms with E-state index in [0.29, 0.717) is 17.9 Å². The molecule has 0 aromatic heterocycles. The Morgan fingerprint density at radius 1 is 1.41 bits per heavy atom. The van der Waals surface area contributed by atoms with Crippen molar-refractivity contribution in [2.75, 3.05) is 12.3 Å². The van der Waals surface area contributed by atoms with Crippen molar-refractivity contribution < 1.29 is 14.5 Å². The highest BCUT2D eigenvalue weighted by Crippen LogP contribution is 2.12. The van der Waals surface area contributed by atoms with Crippen LogP contribution in [0.4, 0.5) is 10.5 Å². The monoisotopic (exact) mass is 255 g/mol. The van der Waals surface area contributed by atoms with Crippen molar-refractivity contribution in [1.29, 1.82) is 0 Å². The van der Waals surface area contributed by atoms with Gasteiger partial charge in [0.05, 0.1) is 4.92 Å². The standard InChI is InChI=1S/C10H11N2O4S/c13-10(11-5-6-17)16-7-8-1-3-9(4-2-8)12(14)15/h1-4H,5-7H2,(H,11,13). The first-order chi connectivity index (χ1) is 8.13. The van der Waals surface area contributed by atoms with Crippen LogP contribution < -0.4 is 5.32 Å². The number of nitrogens with zero attached hydrogens (tertiary/aromatic N) is 1. The van der Waals surface area contributed by atoms with Gasteiger partial charge in [-0.25, -0.2) is 4.79 Å². The number of benzene rings is 1. The highest BCUT2D eigenvalue weighted by atomic mass is 32.1. The molecule has 1 radical (unpaired) electrons. The number of amides is 1. The quantitative estimate of drug-likeness (QED) is 0.644. The zero-order valence-electron chi connectivity index (χ0n) is 8.92. The minimum Gasteiger partial charge on any atom is -0.445 e. The second-order valence-corrected chi connectivity index (χ2v) is 3.54. The van der Waals surface area contributed by atoms with Crippen LogP contribution in [0.1, 0.15) is 5.56 Å². The van der Waals surface area contributed by atoms with Crippen LogP contribution in [-0.2, 0) is 11.3 Å². The molecule has 7 heteroatoms. The van der Waals surface area contributed by atoms with Gasteiger partial charge in [0.25, 0.3) is 5.69 Å². The van der Waals surface area contributed by atoms with Gasteiger partial charge in [0.15, 0.2) is 0 Å². The van der Waals surface area contributed by atoms with Crippen LogP contribution in [0.25, 0.3) is 0 Å². The fourth-order valence-corrected chi connectivity index (χ4v) is 1.17. The molecule has 0 spiro atoms. The number of carbonyl (C=O) groups excluding carboxylic acids is 1. The summed E-state index contributed by atoms with van der Waals surface area (Å²) in [6.07, 6.45) is -0.548. The fourth-order valence-electron chi connectivity index (χ4n) is 1.07. The van der Waals surface area contributed by atoms with E-state index in [-0.39, 0.29) is 12.3 Å². The van der Waals surface area contributed by atoms with Gasteiger partial charge in [-0.05, 0) is 17.7 Å². The van der Waals surface area contributed by atoms with E-state index in [0.717, 1.165) is 0 Å². The van der Waals surface area contributed by atoms with Crippen LogP contribution in [0.2, 0.25) is 0 Å². The molecule has 0 saturated heterocycles. The zero-order chi connectivity index (χ0) is 12.7. The van der Waals surface area contributed by atoms with Gasteiger partial charge in [-0.2, -0.15) is 0 Å². The molecule has 0 bridgehead atoms. The zero-order valence-corrected chi connectivity index (χ0v) is 9.74. The summed E-state index contributed by atoms with van der Waals surface area (Å²) in [4.78, 5) is 21.0. The summed E-state index contributed by atoms with van der Waals surface area (Å²) in [7, 11) is 0. The van der Waals surface area contributed by atoms with Crippen molar-refractivity contribution in [2.45, 2.75) is 6.61 Å². The van der Waals surface area contributed by atoms with Crippen molar-refractivity contribution >= 4 is 24.4 Å². The van der Waals surface area contributed by atoms with Crippen LogP contribution in [0.5, 0.6) is 0 Å². The lowest BCUT2D eigenvalue weighted by atomic mass is 10.2. The first-order valence-electron chi connectivity index (χ1n) is 4.85. The first kappa shape index (κ1) is 13.3. The molecule has 0 aliphatic carbocycles. The van der Waals surface area contributed by atoms with E-state index in [9.17, 15) is 14.9 Å². The Morgan fingerprint density at radius 3 is 2.59 bits per heavy atom. The number of nitrogens with one attached hydrogen (secondary N) is 1. The molecule has 6 nitrogen and oxygen atoms in total. The molecular weight excluding hydrogens is 244 g/mol. The highest BCUT2D eigenvalue weighted by Gasteiger charge is 2.05. The molecule has 0 atom stereocenters. The van der Waals surface area contributed by atoms with E-state index in [1.165, 1.54) is 12.1 Å². The van der Waals surface area contributed by atoms with E-state index in [4.69, 9.17) is 4.74 Å². The Hall–Kier alpha value is -1.76. The number of hydrogen-bond donors (Lipinski definition) is 1. The molecule has 1 N–H and O–H groups in total. The molecular formula is C10H11N2O4S. The molecule has 91 valence electrons. The summed E-state index contributed by atoms with van der Waals surface area (Å²) in [6, 6.07) is 5.80. The predicted octanol–water partition coefficient (Wildman–Crippen LogP) is 2.02. The van der Waals surface area contributed by atoms with E-state index in [1.807, 2.05) is 0 Å². The number of nitro groups is 1. The summed E-state index contributed by atoms with van der Waals surface area (Å²) in [5, 5.41) is 12.9. The van der Waals surface area contributed by atoms with Crippen molar-refractivity contribution in [3.63, 3.8) is 0 Å². The third-order valence-corrected chi connectivity index (χ3v) is 2.09. The summed E-state index contributed by atoms with van der Waals surface area (Å²) in [6.45, 7) is 0.454. The Labute approximate surface area is 104 Å². The summed E-state index contributed by atoms with van der Waals surface area (Å²) < 4.78 is 4.86. The average Bonchev–Trinajstić information content (AvgIpc) is 2.34. The smallest absolute Gasteiger partial charge is 0.407 e. The van der Waals surface area contributed by atoms with Gasteiger partial charge >= 0.3 is 6.09 Å². The number of hydrogen-bond acceptors (Lipinski definition) is 4. The number of non-ortho nitro benzene ring substituents is 1. The lowest BCUT2D eigenvalue weighted by molar-refractivity contribution is -0.384. The van der Waals surface area contributed by atoms with Gasteiger partial charge in [0.2, 0.25) is 0 Å². The molecule has 0 aliphatic rings. The maximum Gasteiger partial charge on any atom is 0.407 e. The van der Waals surface area contributed by atoms with E-state index in [2.05, 4.69) is 17.9 Å². The molecule has 1 aromatic carbocycles. The van der Waals surface area contributed by atoms with E-state index < -0.39 is 11.0 Å². The van der Waals surface area contributed by atoms with Crippen molar-refractivity contribution in [1.82, 2.24) is 5.32 Å². The van der Waals surface area contributed by atoms with Crippen LogP contribution >= 0.6 is 12.6 Å². The highest BCUT2D eigenvalue weighted by molar-refractivity contribution is 7.80. The molecule has 0 fully saturated rings. The van der Waals surface area contributed by atoms with E-state index >= 15 is 0 Å². The molecule has 0 aliphatic heterocycles. The van der Waals surface area contributed by atoms with E-state index in [1.54, 1.807) is 12.1 Å². The maximum absolute atomic E-state index is 11.1. The summed E-state index contributed by atoms with van der Waals surface area (Å²) in [5.74, 6) is 0.423. The SMILES string of the molecule is O=C(NCC[S])OCc1ccc([N+](=O)[O-])cc1. The lowest BCUT2D eigenvalue weighted by Crippen LogP contribution is -2.25. The molecule has 0 heterocycles. The van der Waals surface area contributed by atoms with Crippen molar-refractivity contribution in [3.8, 4) is 0 Å². The number of carbonyl (C=O) groups is 1. The Balaban J connectivity index is 2.42. The van der Waals surface area contributed by atoms with Gasteiger partial charge in [0, 0.05) is 24.4 Å². The minimum absolute atomic E-state index is 0.00399. The van der Waals surface area contributed by atoms with Crippen LogP contribution in [0.3, 0.4) is 0 Å². The summed E-state index contributed by atoms with van der Waals surface area (Å²) >= 11 is 4.65. The molecule has 1 aromatic rings. The second-order valence-electron chi connectivity index (χ2n) is 3.13. The van der Waals surface area contributed by atoms with Gasteiger partial charge in [0.1, 0.15) is 6.61 Å². The van der Waals surface area contributed by atoms with Crippen LogP contribution in [-0.4, -0.2) is 23.3 Å².